The van der Waals surface area contributed by atoms with E-state index in [1.165, 1.54) is 57.3 Å². The number of nitrogens with zero attached hydrogens (tertiary/aromatic N) is 2. The number of carbonyl (C=O) groups is 1. The van der Waals surface area contributed by atoms with E-state index in [4.69, 9.17) is 4.74 Å². The molecule has 2 atom stereocenters. The first kappa shape index (κ1) is 24.5. The maximum absolute atomic E-state index is 14.0. The average Bonchev–Trinajstić information content (AvgIpc) is 2.93. The lowest BCUT2D eigenvalue weighted by atomic mass is 9.82. The first-order valence-corrected chi connectivity index (χ1v) is 14.0. The van der Waals surface area contributed by atoms with Gasteiger partial charge in [-0.3, -0.25) is 4.90 Å². The zero-order valence-electron chi connectivity index (χ0n) is 21.5. The van der Waals surface area contributed by atoms with Gasteiger partial charge in [0.05, 0.1) is 19.6 Å². The van der Waals surface area contributed by atoms with Gasteiger partial charge in [0.2, 0.25) is 0 Å². The van der Waals surface area contributed by atoms with Crippen LogP contribution in [0.2, 0.25) is 0 Å². The maximum Gasteiger partial charge on any atom is 0.331 e. The van der Waals surface area contributed by atoms with E-state index in [9.17, 15) is 4.79 Å². The molecule has 6 rings (SSSR count). The molecular weight excluding hydrogens is 432 g/mol. The fourth-order valence-corrected chi connectivity index (χ4v) is 6.88. The molecule has 0 spiro atoms. The van der Waals surface area contributed by atoms with Crippen LogP contribution in [0, 0.1) is 5.92 Å². The van der Waals surface area contributed by atoms with Crippen molar-refractivity contribution < 1.29 is 14.0 Å². The number of hydrogen-bond donors (Lipinski definition) is 0. The highest BCUT2D eigenvalue weighted by Gasteiger charge is 2.50. The monoisotopic (exact) mass is 475 g/mol. The van der Waals surface area contributed by atoms with Crippen LogP contribution in [0.15, 0.2) is 60.7 Å². The molecule has 0 saturated carbocycles. The SMILES string of the molecule is C[C@@](C(=O)O[C@@H]1C[N+]2(CCCCc3ccccc3)CCC1CC2)(c1ccccc1)N1CCCCC1. The van der Waals surface area contributed by atoms with Crippen LogP contribution >= 0.6 is 0 Å². The van der Waals surface area contributed by atoms with E-state index >= 15 is 0 Å². The first-order chi connectivity index (χ1) is 17.1. The molecule has 0 amide bonds. The Balaban J connectivity index is 1.24. The van der Waals surface area contributed by atoms with Gasteiger partial charge in [0.1, 0.15) is 12.1 Å². The molecule has 2 bridgehead atoms. The third kappa shape index (κ3) is 5.34. The highest BCUT2D eigenvalue weighted by atomic mass is 16.5. The molecule has 0 unspecified atom stereocenters. The van der Waals surface area contributed by atoms with Gasteiger partial charge >= 0.3 is 5.97 Å². The van der Waals surface area contributed by atoms with Crippen molar-refractivity contribution in [2.45, 2.75) is 69.9 Å². The summed E-state index contributed by atoms with van der Waals surface area (Å²) in [5, 5.41) is 0. The Bertz CT molecular complexity index is 948. The van der Waals surface area contributed by atoms with Crippen molar-refractivity contribution in [1.82, 2.24) is 4.90 Å². The van der Waals surface area contributed by atoms with Crippen molar-refractivity contribution in [2.75, 3.05) is 39.3 Å². The number of aryl methyl sites for hydroxylation is 1. The molecule has 4 fully saturated rings. The normalized spacial score (nSPS) is 28.4. The standard InChI is InChI=1S/C31H43N2O2/c1-31(28-16-7-3-8-17-28,32-20-10-4-11-21-32)30(34)35-29-25-33(23-18-27(29)19-24-33)22-12-9-15-26-13-5-2-6-14-26/h2-3,5-8,13-14,16-17,27,29H,4,9-12,15,18-25H2,1H3/q+1/t27?,29-,31+,33?/m1/s1. The van der Waals surface area contributed by atoms with E-state index in [0.717, 1.165) is 48.9 Å². The number of benzene rings is 2. The number of piperidine rings is 4. The minimum Gasteiger partial charge on any atom is -0.454 e. The van der Waals surface area contributed by atoms with E-state index in [2.05, 4.69) is 66.4 Å². The summed E-state index contributed by atoms with van der Waals surface area (Å²) in [6.07, 6.45) is 9.67. The number of fused-ring (bicyclic) bond motifs is 3. The number of quaternary nitrogens is 1. The number of hydrogen-bond acceptors (Lipinski definition) is 3. The van der Waals surface area contributed by atoms with Crippen LogP contribution in [0.4, 0.5) is 0 Å². The number of ether oxygens (including phenoxy) is 1. The van der Waals surface area contributed by atoms with Crippen LogP contribution in [0.5, 0.6) is 0 Å². The van der Waals surface area contributed by atoms with Crippen molar-refractivity contribution >= 4 is 5.97 Å². The summed E-state index contributed by atoms with van der Waals surface area (Å²) in [4.78, 5) is 16.3. The van der Waals surface area contributed by atoms with Crippen LogP contribution in [-0.2, 0) is 21.5 Å². The molecule has 2 aromatic rings. The second-order valence-electron chi connectivity index (χ2n) is 11.4. The molecule has 4 heterocycles. The van der Waals surface area contributed by atoms with Crippen molar-refractivity contribution in [3.05, 3.63) is 71.8 Å². The average molecular weight is 476 g/mol. The topological polar surface area (TPSA) is 29.5 Å². The Kier molecular flexibility index (Phi) is 7.59. The summed E-state index contributed by atoms with van der Waals surface area (Å²) in [5.41, 5.74) is 1.81. The van der Waals surface area contributed by atoms with Gasteiger partial charge < -0.3 is 9.22 Å². The van der Waals surface area contributed by atoms with Gasteiger partial charge in [-0.1, -0.05) is 67.1 Å². The molecule has 2 aromatic carbocycles. The largest absolute Gasteiger partial charge is 0.454 e. The fraction of sp³-hybridized carbons (Fsp3) is 0.581. The quantitative estimate of drug-likeness (QED) is 0.270. The van der Waals surface area contributed by atoms with Crippen molar-refractivity contribution in [1.29, 1.82) is 0 Å². The minimum atomic E-state index is -0.700. The Morgan fingerprint density at radius 2 is 1.60 bits per heavy atom. The summed E-state index contributed by atoms with van der Waals surface area (Å²) < 4.78 is 7.65. The zero-order chi connectivity index (χ0) is 24.1. The van der Waals surface area contributed by atoms with E-state index < -0.39 is 5.54 Å². The number of unbranched alkanes of at least 4 members (excludes halogenated alkanes) is 1. The molecular formula is C31H43N2O2+. The minimum absolute atomic E-state index is 0.0356. The Morgan fingerprint density at radius 1 is 0.943 bits per heavy atom. The van der Waals surface area contributed by atoms with Gasteiger partial charge in [0.25, 0.3) is 0 Å². The molecule has 4 heteroatoms. The Labute approximate surface area is 211 Å². The van der Waals surface area contributed by atoms with Crippen molar-refractivity contribution in [3.8, 4) is 0 Å². The highest BCUT2D eigenvalue weighted by molar-refractivity contribution is 5.82. The number of likely N-dealkylation sites (tertiary alicyclic amines) is 1. The van der Waals surface area contributed by atoms with Gasteiger partial charge in [-0.2, -0.15) is 0 Å². The summed E-state index contributed by atoms with van der Waals surface area (Å²) in [5.74, 6) is 0.497. The first-order valence-electron chi connectivity index (χ1n) is 14.0. The van der Waals surface area contributed by atoms with Crippen LogP contribution in [0.1, 0.15) is 63.0 Å². The van der Waals surface area contributed by atoms with Crippen LogP contribution in [-0.4, -0.2) is 60.7 Å². The third-order valence-corrected chi connectivity index (χ3v) is 9.21. The predicted molar refractivity (Wildman–Crippen MR) is 141 cm³/mol. The maximum atomic E-state index is 14.0. The third-order valence-electron chi connectivity index (χ3n) is 9.21. The molecule has 0 aliphatic carbocycles. The van der Waals surface area contributed by atoms with Gasteiger partial charge in [-0.05, 0) is 63.2 Å². The van der Waals surface area contributed by atoms with Crippen LogP contribution < -0.4 is 0 Å². The molecule has 0 aromatic heterocycles. The van der Waals surface area contributed by atoms with Crippen molar-refractivity contribution in [3.63, 3.8) is 0 Å². The number of esters is 1. The Hall–Kier alpha value is -2.17. The Morgan fingerprint density at radius 3 is 2.29 bits per heavy atom. The molecule has 188 valence electrons. The molecule has 4 saturated heterocycles. The number of carbonyl (C=O) groups excluding carboxylic acids is 1. The second-order valence-corrected chi connectivity index (χ2v) is 11.4. The second kappa shape index (κ2) is 10.8. The molecule has 0 N–H and O–H groups in total. The van der Waals surface area contributed by atoms with E-state index in [1.54, 1.807) is 0 Å². The molecule has 4 nitrogen and oxygen atoms in total. The highest BCUT2D eigenvalue weighted by Crippen LogP contribution is 2.39. The molecule has 4 aliphatic rings. The van der Waals surface area contributed by atoms with Gasteiger partial charge in [0, 0.05) is 18.8 Å². The van der Waals surface area contributed by atoms with Crippen molar-refractivity contribution in [2.24, 2.45) is 5.92 Å². The van der Waals surface area contributed by atoms with Crippen LogP contribution in [0.3, 0.4) is 0 Å². The summed E-state index contributed by atoms with van der Waals surface area (Å²) in [6, 6.07) is 21.2. The lowest BCUT2D eigenvalue weighted by Gasteiger charge is -2.53. The number of rotatable bonds is 9. The van der Waals surface area contributed by atoms with Crippen LogP contribution in [0.25, 0.3) is 0 Å². The zero-order valence-corrected chi connectivity index (χ0v) is 21.5. The van der Waals surface area contributed by atoms with Gasteiger partial charge in [-0.25, -0.2) is 4.79 Å². The summed E-state index contributed by atoms with van der Waals surface area (Å²) in [6.45, 7) is 8.78. The lowest BCUT2D eigenvalue weighted by molar-refractivity contribution is -0.946. The summed E-state index contributed by atoms with van der Waals surface area (Å²) >= 11 is 0. The van der Waals surface area contributed by atoms with Gasteiger partial charge in [-0.15, -0.1) is 0 Å². The van der Waals surface area contributed by atoms with E-state index in [0.29, 0.717) is 5.92 Å². The van der Waals surface area contributed by atoms with Gasteiger partial charge in [0.15, 0.2) is 6.10 Å². The molecule has 0 radical (unpaired) electrons. The smallest absolute Gasteiger partial charge is 0.331 e. The molecule has 4 aliphatic heterocycles. The lowest BCUT2D eigenvalue weighted by Crippen LogP contribution is -2.65. The van der Waals surface area contributed by atoms with E-state index in [1.807, 2.05) is 6.07 Å². The predicted octanol–water partition coefficient (Wildman–Crippen LogP) is 5.56. The fourth-order valence-electron chi connectivity index (χ4n) is 6.88. The summed E-state index contributed by atoms with van der Waals surface area (Å²) in [7, 11) is 0. The van der Waals surface area contributed by atoms with E-state index in [-0.39, 0.29) is 12.1 Å². The molecule has 35 heavy (non-hydrogen) atoms.